The number of ether oxygens (including phenoxy) is 2. The van der Waals surface area contributed by atoms with E-state index in [-0.39, 0.29) is 6.42 Å². The summed E-state index contributed by atoms with van der Waals surface area (Å²) in [4.78, 5) is 24.2. The zero-order valence-corrected chi connectivity index (χ0v) is 12.3. The summed E-state index contributed by atoms with van der Waals surface area (Å²) in [5.74, 6) is -0.871. The fourth-order valence-electron chi connectivity index (χ4n) is 2.41. The molecule has 1 N–H and O–H groups in total. The van der Waals surface area contributed by atoms with Crippen molar-refractivity contribution in [3.8, 4) is 5.75 Å². The molecule has 0 bridgehead atoms. The largest absolute Gasteiger partial charge is 0.497 e. The fourth-order valence-corrected chi connectivity index (χ4v) is 2.41. The number of anilines is 1. The predicted molar refractivity (Wildman–Crippen MR) is 80.9 cm³/mol. The lowest BCUT2D eigenvalue weighted by Crippen LogP contribution is -2.38. The number of cyclic esters (lactones) is 1. The number of rotatable bonds is 3. The molecule has 1 amide bonds. The zero-order chi connectivity index (χ0) is 16.4. The zero-order valence-electron chi connectivity index (χ0n) is 12.3. The van der Waals surface area contributed by atoms with Crippen molar-refractivity contribution < 1.29 is 23.5 Å². The van der Waals surface area contributed by atoms with Gasteiger partial charge < -0.3 is 14.8 Å². The molecule has 1 atom stereocenters. The van der Waals surface area contributed by atoms with Crippen molar-refractivity contribution in [2.75, 3.05) is 12.4 Å². The highest BCUT2D eigenvalue weighted by atomic mass is 19.1. The van der Waals surface area contributed by atoms with Crippen molar-refractivity contribution in [3.05, 3.63) is 59.4 Å². The Hall–Kier alpha value is -2.89. The van der Waals surface area contributed by atoms with Crippen molar-refractivity contribution in [1.82, 2.24) is 0 Å². The summed E-state index contributed by atoms with van der Waals surface area (Å²) < 4.78 is 23.5. The van der Waals surface area contributed by atoms with E-state index in [9.17, 15) is 14.0 Å². The first-order valence-electron chi connectivity index (χ1n) is 7.01. The summed E-state index contributed by atoms with van der Waals surface area (Å²) in [5, 5.41) is 2.66. The second-order valence-corrected chi connectivity index (χ2v) is 5.12. The minimum absolute atomic E-state index is 0.140. The summed E-state index contributed by atoms with van der Waals surface area (Å²) >= 11 is 0. The Morgan fingerprint density at radius 2 is 2.00 bits per heavy atom. The molecule has 0 radical (unpaired) electrons. The van der Waals surface area contributed by atoms with Gasteiger partial charge in [0.25, 0.3) is 5.91 Å². The van der Waals surface area contributed by atoms with Gasteiger partial charge in [-0.2, -0.15) is 0 Å². The number of esters is 1. The number of carbonyl (C=O) groups is 2. The minimum atomic E-state index is -0.987. The topological polar surface area (TPSA) is 64.6 Å². The molecule has 118 valence electrons. The van der Waals surface area contributed by atoms with E-state index in [0.29, 0.717) is 22.6 Å². The third-order valence-electron chi connectivity index (χ3n) is 3.59. The second kappa shape index (κ2) is 6.08. The van der Waals surface area contributed by atoms with Crippen LogP contribution in [0.2, 0.25) is 0 Å². The molecule has 0 aromatic heterocycles. The fraction of sp³-hybridized carbons (Fsp3) is 0.176. The lowest BCUT2D eigenvalue weighted by atomic mass is 9.98. The molecule has 2 aromatic rings. The summed E-state index contributed by atoms with van der Waals surface area (Å²) in [6, 6.07) is 10.6. The van der Waals surface area contributed by atoms with Crippen molar-refractivity contribution >= 4 is 17.6 Å². The average Bonchev–Trinajstić information content (AvgIpc) is 2.55. The van der Waals surface area contributed by atoms with Crippen LogP contribution < -0.4 is 10.1 Å². The third-order valence-corrected chi connectivity index (χ3v) is 3.59. The van der Waals surface area contributed by atoms with Gasteiger partial charge >= 0.3 is 5.97 Å². The molecule has 0 spiro atoms. The molecule has 1 aliphatic rings. The lowest BCUT2D eigenvalue weighted by molar-refractivity contribution is -0.125. The van der Waals surface area contributed by atoms with Crippen LogP contribution in [0.3, 0.4) is 0 Å². The summed E-state index contributed by atoms with van der Waals surface area (Å²) in [6.07, 6.45) is -0.847. The van der Waals surface area contributed by atoms with Gasteiger partial charge in [-0.15, -0.1) is 0 Å². The van der Waals surface area contributed by atoms with Gasteiger partial charge in [-0.3, -0.25) is 4.79 Å². The Morgan fingerprint density at radius 3 is 2.70 bits per heavy atom. The highest BCUT2D eigenvalue weighted by Gasteiger charge is 2.31. The molecule has 3 rings (SSSR count). The van der Waals surface area contributed by atoms with Crippen molar-refractivity contribution in [1.29, 1.82) is 0 Å². The average molecular weight is 315 g/mol. The van der Waals surface area contributed by atoms with E-state index in [1.165, 1.54) is 18.2 Å². The van der Waals surface area contributed by atoms with Gasteiger partial charge in [-0.1, -0.05) is 0 Å². The maximum atomic E-state index is 13.3. The highest BCUT2D eigenvalue weighted by Crippen LogP contribution is 2.23. The molecule has 0 saturated heterocycles. The van der Waals surface area contributed by atoms with Crippen LogP contribution in [-0.2, 0) is 16.0 Å². The third kappa shape index (κ3) is 3.15. The molecule has 0 aliphatic carbocycles. The van der Waals surface area contributed by atoms with Crippen LogP contribution >= 0.6 is 0 Å². The summed E-state index contributed by atoms with van der Waals surface area (Å²) in [7, 11) is 1.55. The number of benzene rings is 2. The molecule has 0 fully saturated rings. The van der Waals surface area contributed by atoms with E-state index < -0.39 is 23.8 Å². The Bertz CT molecular complexity index is 758. The van der Waals surface area contributed by atoms with Gasteiger partial charge in [0, 0.05) is 12.1 Å². The number of hydrogen-bond acceptors (Lipinski definition) is 4. The first-order valence-corrected chi connectivity index (χ1v) is 7.01. The van der Waals surface area contributed by atoms with E-state index in [1.807, 2.05) is 0 Å². The van der Waals surface area contributed by atoms with Gasteiger partial charge in [-0.05, 0) is 48.0 Å². The normalized spacial score (nSPS) is 16.3. The van der Waals surface area contributed by atoms with E-state index in [4.69, 9.17) is 9.47 Å². The first-order chi connectivity index (χ1) is 11.1. The van der Waals surface area contributed by atoms with Crippen molar-refractivity contribution in [2.45, 2.75) is 12.5 Å². The minimum Gasteiger partial charge on any atom is -0.497 e. The van der Waals surface area contributed by atoms with Gasteiger partial charge in [-0.25, -0.2) is 9.18 Å². The molecular weight excluding hydrogens is 301 g/mol. The van der Waals surface area contributed by atoms with E-state index in [1.54, 1.807) is 31.4 Å². The van der Waals surface area contributed by atoms with Gasteiger partial charge in [0.05, 0.1) is 12.7 Å². The SMILES string of the molecule is COc1ccc(NC(=O)C2Cc3cc(F)ccc3C(=O)O2)cc1. The van der Waals surface area contributed by atoms with E-state index in [0.717, 1.165) is 0 Å². The van der Waals surface area contributed by atoms with Crippen LogP contribution in [0.5, 0.6) is 5.75 Å². The van der Waals surface area contributed by atoms with Crippen LogP contribution in [0.15, 0.2) is 42.5 Å². The number of halogens is 1. The smallest absolute Gasteiger partial charge is 0.339 e. The lowest BCUT2D eigenvalue weighted by Gasteiger charge is -2.23. The maximum absolute atomic E-state index is 13.3. The molecular formula is C17H14FNO4. The molecule has 1 aliphatic heterocycles. The number of fused-ring (bicyclic) bond motifs is 1. The van der Waals surface area contributed by atoms with Gasteiger partial charge in [0.1, 0.15) is 11.6 Å². The Kier molecular flexibility index (Phi) is 3.97. The summed E-state index contributed by atoms with van der Waals surface area (Å²) in [6.45, 7) is 0. The van der Waals surface area contributed by atoms with Crippen LogP contribution in [0.1, 0.15) is 15.9 Å². The molecule has 2 aromatic carbocycles. The monoisotopic (exact) mass is 315 g/mol. The molecule has 1 unspecified atom stereocenters. The van der Waals surface area contributed by atoms with E-state index >= 15 is 0 Å². The number of methoxy groups -OCH3 is 1. The Balaban J connectivity index is 1.74. The Morgan fingerprint density at radius 1 is 1.26 bits per heavy atom. The second-order valence-electron chi connectivity index (χ2n) is 5.12. The van der Waals surface area contributed by atoms with Crippen LogP contribution in [-0.4, -0.2) is 25.1 Å². The van der Waals surface area contributed by atoms with Gasteiger partial charge in [0.2, 0.25) is 0 Å². The molecule has 0 saturated carbocycles. The van der Waals surface area contributed by atoms with Crippen LogP contribution in [0.25, 0.3) is 0 Å². The van der Waals surface area contributed by atoms with Crippen LogP contribution in [0, 0.1) is 5.82 Å². The quantitative estimate of drug-likeness (QED) is 0.884. The number of nitrogens with one attached hydrogen (secondary N) is 1. The van der Waals surface area contributed by atoms with Crippen molar-refractivity contribution in [3.63, 3.8) is 0 Å². The molecule has 5 nitrogen and oxygen atoms in total. The summed E-state index contributed by atoms with van der Waals surface area (Å²) in [5.41, 5.74) is 1.31. The standard InChI is InChI=1S/C17H14FNO4/c1-22-13-5-3-12(4-6-13)19-16(20)15-9-10-8-11(18)2-7-14(10)17(21)23-15/h2-8,15H,9H2,1H3,(H,19,20). The highest BCUT2D eigenvalue weighted by molar-refractivity contribution is 6.00. The number of amides is 1. The van der Waals surface area contributed by atoms with Crippen molar-refractivity contribution in [2.24, 2.45) is 0 Å². The first kappa shape index (κ1) is 15.0. The predicted octanol–water partition coefficient (Wildman–Crippen LogP) is 2.55. The number of carbonyl (C=O) groups excluding carboxylic acids is 2. The van der Waals surface area contributed by atoms with Gasteiger partial charge in [0.15, 0.2) is 6.10 Å². The maximum Gasteiger partial charge on any atom is 0.339 e. The molecule has 1 heterocycles. The Labute approximate surface area is 132 Å². The molecule has 6 heteroatoms. The van der Waals surface area contributed by atoms with Crippen LogP contribution in [0.4, 0.5) is 10.1 Å². The van der Waals surface area contributed by atoms with E-state index in [2.05, 4.69) is 5.32 Å². The number of hydrogen-bond donors (Lipinski definition) is 1. The molecule has 23 heavy (non-hydrogen) atoms.